The standard InChI is InChI=1S/C9H17NO/c1-5-6-10-7-8(11-4)9(7,2)3/h5,7-8,10H,1,6H2,2-4H3/t7-,8+/m1/s1. The molecule has 0 heterocycles. The first-order chi connectivity index (χ1) is 5.14. The van der Waals surface area contributed by atoms with Gasteiger partial charge in [0.1, 0.15) is 0 Å². The molecule has 0 spiro atoms. The van der Waals surface area contributed by atoms with E-state index in [0.29, 0.717) is 17.6 Å². The fraction of sp³-hybridized carbons (Fsp3) is 0.778. The highest BCUT2D eigenvalue weighted by atomic mass is 16.5. The molecule has 0 radical (unpaired) electrons. The van der Waals surface area contributed by atoms with Gasteiger partial charge in [-0.25, -0.2) is 0 Å². The van der Waals surface area contributed by atoms with E-state index in [9.17, 15) is 0 Å². The predicted octanol–water partition coefficient (Wildman–Crippen LogP) is 1.19. The summed E-state index contributed by atoms with van der Waals surface area (Å²) in [5.74, 6) is 0. The van der Waals surface area contributed by atoms with Crippen LogP contribution in [0, 0.1) is 5.41 Å². The third-order valence-corrected chi connectivity index (χ3v) is 2.46. The Balaban J connectivity index is 2.33. The molecule has 0 aliphatic heterocycles. The van der Waals surface area contributed by atoms with Gasteiger partial charge in [0.15, 0.2) is 0 Å². The summed E-state index contributed by atoms with van der Waals surface area (Å²) in [7, 11) is 1.77. The van der Waals surface area contributed by atoms with Crippen molar-refractivity contribution in [2.75, 3.05) is 13.7 Å². The predicted molar refractivity (Wildman–Crippen MR) is 46.6 cm³/mol. The van der Waals surface area contributed by atoms with Crippen LogP contribution in [0.15, 0.2) is 12.7 Å². The van der Waals surface area contributed by atoms with Crippen molar-refractivity contribution in [2.45, 2.75) is 26.0 Å². The summed E-state index contributed by atoms with van der Waals surface area (Å²) in [6.45, 7) is 8.95. The fourth-order valence-corrected chi connectivity index (χ4v) is 1.61. The Morgan fingerprint density at radius 2 is 2.27 bits per heavy atom. The van der Waals surface area contributed by atoms with Crippen molar-refractivity contribution >= 4 is 0 Å². The summed E-state index contributed by atoms with van der Waals surface area (Å²) < 4.78 is 5.29. The zero-order valence-corrected chi connectivity index (χ0v) is 7.55. The molecule has 1 aliphatic rings. The molecule has 64 valence electrons. The van der Waals surface area contributed by atoms with Gasteiger partial charge in [-0.3, -0.25) is 0 Å². The molecular weight excluding hydrogens is 138 g/mol. The van der Waals surface area contributed by atoms with E-state index < -0.39 is 0 Å². The van der Waals surface area contributed by atoms with Crippen LogP contribution in [0.3, 0.4) is 0 Å². The molecule has 0 bridgehead atoms. The van der Waals surface area contributed by atoms with Crippen LogP contribution < -0.4 is 5.32 Å². The first-order valence-electron chi connectivity index (χ1n) is 4.01. The molecule has 2 nitrogen and oxygen atoms in total. The minimum Gasteiger partial charge on any atom is -0.379 e. The Labute approximate surface area is 68.6 Å². The van der Waals surface area contributed by atoms with Gasteiger partial charge in [0.2, 0.25) is 0 Å². The molecule has 1 aliphatic carbocycles. The molecule has 2 heteroatoms. The van der Waals surface area contributed by atoms with Crippen LogP contribution in [-0.2, 0) is 4.74 Å². The molecule has 1 rings (SSSR count). The number of nitrogens with one attached hydrogen (secondary N) is 1. The fourth-order valence-electron chi connectivity index (χ4n) is 1.61. The van der Waals surface area contributed by atoms with Gasteiger partial charge in [0, 0.05) is 25.1 Å². The van der Waals surface area contributed by atoms with Crippen molar-refractivity contribution in [3.8, 4) is 0 Å². The van der Waals surface area contributed by atoms with E-state index in [2.05, 4.69) is 25.7 Å². The Hall–Kier alpha value is -0.340. The number of rotatable bonds is 4. The number of methoxy groups -OCH3 is 1. The van der Waals surface area contributed by atoms with Crippen molar-refractivity contribution in [1.82, 2.24) is 5.32 Å². The van der Waals surface area contributed by atoms with Gasteiger partial charge in [-0.15, -0.1) is 6.58 Å². The zero-order valence-electron chi connectivity index (χ0n) is 7.55. The monoisotopic (exact) mass is 155 g/mol. The van der Waals surface area contributed by atoms with Gasteiger partial charge in [-0.2, -0.15) is 0 Å². The summed E-state index contributed by atoms with van der Waals surface area (Å²) in [6, 6.07) is 0.505. The van der Waals surface area contributed by atoms with Crippen LogP contribution in [0.4, 0.5) is 0 Å². The van der Waals surface area contributed by atoms with Gasteiger partial charge < -0.3 is 10.1 Å². The molecule has 0 aromatic heterocycles. The largest absolute Gasteiger partial charge is 0.379 e. The van der Waals surface area contributed by atoms with Crippen molar-refractivity contribution in [3.05, 3.63) is 12.7 Å². The van der Waals surface area contributed by atoms with E-state index >= 15 is 0 Å². The lowest BCUT2D eigenvalue weighted by Crippen LogP contribution is -2.21. The van der Waals surface area contributed by atoms with E-state index in [1.165, 1.54) is 0 Å². The lowest BCUT2D eigenvalue weighted by atomic mass is 10.2. The zero-order chi connectivity index (χ0) is 8.48. The van der Waals surface area contributed by atoms with Crippen LogP contribution in [0.25, 0.3) is 0 Å². The maximum absolute atomic E-state index is 5.29. The highest BCUT2D eigenvalue weighted by molar-refractivity contribution is 5.13. The molecular formula is C9H17NO. The Morgan fingerprint density at radius 3 is 2.64 bits per heavy atom. The summed E-state index contributed by atoms with van der Waals surface area (Å²) in [5, 5.41) is 3.35. The summed E-state index contributed by atoms with van der Waals surface area (Å²) in [5.41, 5.74) is 0.303. The third-order valence-electron chi connectivity index (χ3n) is 2.46. The second-order valence-corrected chi connectivity index (χ2v) is 3.65. The van der Waals surface area contributed by atoms with E-state index in [1.807, 2.05) is 6.08 Å². The average molecular weight is 155 g/mol. The molecule has 1 N–H and O–H groups in total. The highest BCUT2D eigenvalue weighted by Gasteiger charge is 2.58. The number of ether oxygens (including phenoxy) is 1. The third kappa shape index (κ3) is 1.47. The number of hydrogen-bond acceptors (Lipinski definition) is 2. The van der Waals surface area contributed by atoms with E-state index in [4.69, 9.17) is 4.74 Å². The Kier molecular flexibility index (Phi) is 2.35. The van der Waals surface area contributed by atoms with Crippen molar-refractivity contribution < 1.29 is 4.74 Å². The van der Waals surface area contributed by atoms with Gasteiger partial charge in [0.05, 0.1) is 6.10 Å². The first kappa shape index (κ1) is 8.75. The van der Waals surface area contributed by atoms with Gasteiger partial charge >= 0.3 is 0 Å². The molecule has 0 aromatic rings. The van der Waals surface area contributed by atoms with Crippen LogP contribution in [0.5, 0.6) is 0 Å². The van der Waals surface area contributed by atoms with Crippen LogP contribution in [-0.4, -0.2) is 25.8 Å². The molecule has 0 saturated heterocycles. The molecule has 2 atom stereocenters. The van der Waals surface area contributed by atoms with Crippen LogP contribution in [0.1, 0.15) is 13.8 Å². The second kappa shape index (κ2) is 2.95. The van der Waals surface area contributed by atoms with Gasteiger partial charge in [-0.1, -0.05) is 19.9 Å². The van der Waals surface area contributed by atoms with Crippen molar-refractivity contribution in [2.24, 2.45) is 5.41 Å². The smallest absolute Gasteiger partial charge is 0.0797 e. The topological polar surface area (TPSA) is 21.3 Å². The average Bonchev–Trinajstić information content (AvgIpc) is 2.48. The van der Waals surface area contributed by atoms with Crippen molar-refractivity contribution in [3.63, 3.8) is 0 Å². The maximum atomic E-state index is 5.29. The van der Waals surface area contributed by atoms with E-state index in [1.54, 1.807) is 7.11 Å². The molecule has 0 aromatic carbocycles. The first-order valence-corrected chi connectivity index (χ1v) is 4.01. The lowest BCUT2D eigenvalue weighted by molar-refractivity contribution is 0.150. The van der Waals surface area contributed by atoms with Crippen LogP contribution >= 0.6 is 0 Å². The molecule has 0 unspecified atom stereocenters. The summed E-state index contributed by atoms with van der Waals surface area (Å²) in [6.07, 6.45) is 2.25. The minimum atomic E-state index is 0.303. The van der Waals surface area contributed by atoms with E-state index in [-0.39, 0.29) is 0 Å². The van der Waals surface area contributed by atoms with Gasteiger partial charge in [0.25, 0.3) is 0 Å². The van der Waals surface area contributed by atoms with E-state index in [0.717, 1.165) is 6.54 Å². The van der Waals surface area contributed by atoms with Gasteiger partial charge in [-0.05, 0) is 0 Å². The lowest BCUT2D eigenvalue weighted by Gasteiger charge is -2.00. The maximum Gasteiger partial charge on any atom is 0.0797 e. The molecule has 11 heavy (non-hydrogen) atoms. The summed E-state index contributed by atoms with van der Waals surface area (Å²) >= 11 is 0. The molecule has 1 saturated carbocycles. The minimum absolute atomic E-state index is 0.303. The summed E-state index contributed by atoms with van der Waals surface area (Å²) in [4.78, 5) is 0. The Morgan fingerprint density at radius 1 is 1.64 bits per heavy atom. The quantitative estimate of drug-likeness (QED) is 0.616. The number of hydrogen-bond donors (Lipinski definition) is 1. The Bertz CT molecular complexity index is 154. The molecule has 1 fully saturated rings. The van der Waals surface area contributed by atoms with Crippen molar-refractivity contribution in [1.29, 1.82) is 0 Å². The van der Waals surface area contributed by atoms with Crippen LogP contribution in [0.2, 0.25) is 0 Å². The molecule has 0 amide bonds. The highest BCUT2D eigenvalue weighted by Crippen LogP contribution is 2.47. The second-order valence-electron chi connectivity index (χ2n) is 3.65. The normalized spacial score (nSPS) is 33.4. The SMILES string of the molecule is C=CCN[C@@H]1[C@H](OC)C1(C)C.